The van der Waals surface area contributed by atoms with Crippen LogP contribution in [0.15, 0.2) is 23.0 Å². The van der Waals surface area contributed by atoms with Crippen LogP contribution in [-0.4, -0.2) is 47.1 Å². The fourth-order valence-electron chi connectivity index (χ4n) is 6.42. The van der Waals surface area contributed by atoms with Crippen molar-refractivity contribution in [3.05, 3.63) is 35.3 Å². The van der Waals surface area contributed by atoms with Gasteiger partial charge in [0.1, 0.15) is 23.7 Å². The summed E-state index contributed by atoms with van der Waals surface area (Å²) in [6.45, 7) is 3.28. The van der Waals surface area contributed by atoms with Crippen LogP contribution in [-0.2, 0) is 19.7 Å². The largest absolute Gasteiger partial charge is 0.381 e. The van der Waals surface area contributed by atoms with Crippen molar-refractivity contribution in [2.45, 2.75) is 82.1 Å². The molecule has 1 saturated heterocycles. The van der Waals surface area contributed by atoms with Gasteiger partial charge in [0, 0.05) is 37.0 Å². The van der Waals surface area contributed by atoms with Crippen molar-refractivity contribution in [2.75, 3.05) is 23.8 Å². The van der Waals surface area contributed by atoms with Crippen LogP contribution in [0, 0.1) is 11.8 Å². The summed E-state index contributed by atoms with van der Waals surface area (Å²) in [5.74, 6) is 0.525. The molecule has 3 amide bonds. The molecular weight excluding hydrogens is 486 g/mol. The maximum atomic E-state index is 13.6. The van der Waals surface area contributed by atoms with E-state index in [0.717, 1.165) is 50.5 Å². The van der Waals surface area contributed by atoms with Crippen molar-refractivity contribution < 1.29 is 23.6 Å². The molecule has 0 bridgehead atoms. The van der Waals surface area contributed by atoms with Gasteiger partial charge >= 0.3 is 0 Å². The van der Waals surface area contributed by atoms with Gasteiger partial charge in [0.2, 0.25) is 11.8 Å². The predicted molar refractivity (Wildman–Crippen MR) is 139 cm³/mol. The molecule has 6 rings (SSSR count). The Kier molecular flexibility index (Phi) is 6.67. The summed E-state index contributed by atoms with van der Waals surface area (Å²) in [6, 6.07) is 0.997. The number of fused-ring (bicyclic) bond motifs is 2. The second-order valence-corrected chi connectivity index (χ2v) is 11.5. The average Bonchev–Trinajstić information content (AvgIpc) is 3.45. The Hall–Kier alpha value is -3.27. The summed E-state index contributed by atoms with van der Waals surface area (Å²) in [5.41, 5.74) is 2.00. The summed E-state index contributed by atoms with van der Waals surface area (Å²) in [5, 5.41) is 13.0. The van der Waals surface area contributed by atoms with Crippen LogP contribution >= 0.6 is 0 Å². The minimum absolute atomic E-state index is 0.0156. The molecule has 2 saturated carbocycles. The molecule has 10 heteroatoms. The van der Waals surface area contributed by atoms with Gasteiger partial charge in [-0.25, -0.2) is 4.98 Å². The lowest BCUT2D eigenvalue weighted by Gasteiger charge is -2.32. The van der Waals surface area contributed by atoms with Gasteiger partial charge in [-0.2, -0.15) is 0 Å². The molecule has 0 radical (unpaired) electrons. The standard InChI is InChI=1S/C28H35N5O5/c1-16-5-7-18(8-6-16)24(32-25(34)19-15-38-33-23(19)17-3-2-4-17)26(35)31-22-13-21-20(14-29-22)28(27(36)30-21)9-11-37-12-10-28/h13-18,24H,2-12H2,1H3,(H,30,36)(H,32,34)(H,29,31,35). The van der Waals surface area contributed by atoms with E-state index in [-0.39, 0.29) is 29.6 Å². The quantitative estimate of drug-likeness (QED) is 0.525. The Balaban J connectivity index is 1.21. The van der Waals surface area contributed by atoms with Crippen LogP contribution < -0.4 is 16.0 Å². The zero-order valence-corrected chi connectivity index (χ0v) is 21.8. The molecule has 3 N–H and O–H groups in total. The third-order valence-corrected chi connectivity index (χ3v) is 9.14. The van der Waals surface area contributed by atoms with Gasteiger partial charge in [0.25, 0.3) is 5.91 Å². The first-order chi connectivity index (χ1) is 18.4. The first kappa shape index (κ1) is 25.0. The first-order valence-corrected chi connectivity index (χ1v) is 13.9. The highest BCUT2D eigenvalue weighted by atomic mass is 16.5. The van der Waals surface area contributed by atoms with E-state index in [1.165, 1.54) is 6.26 Å². The van der Waals surface area contributed by atoms with Crippen molar-refractivity contribution in [2.24, 2.45) is 11.8 Å². The second-order valence-electron chi connectivity index (χ2n) is 11.5. The van der Waals surface area contributed by atoms with Gasteiger partial charge in [-0.3, -0.25) is 14.4 Å². The van der Waals surface area contributed by atoms with E-state index in [9.17, 15) is 14.4 Å². The van der Waals surface area contributed by atoms with Gasteiger partial charge in [0.15, 0.2) is 0 Å². The molecule has 4 aliphatic rings. The van der Waals surface area contributed by atoms with Gasteiger partial charge in [0.05, 0.1) is 16.8 Å². The normalized spacial score (nSPS) is 25.2. The average molecular weight is 522 g/mol. The summed E-state index contributed by atoms with van der Waals surface area (Å²) in [7, 11) is 0. The van der Waals surface area contributed by atoms with Crippen molar-refractivity contribution >= 4 is 29.2 Å². The highest BCUT2D eigenvalue weighted by Gasteiger charge is 2.48. The van der Waals surface area contributed by atoms with Crippen molar-refractivity contribution in [1.82, 2.24) is 15.5 Å². The highest BCUT2D eigenvalue weighted by Crippen LogP contribution is 2.45. The van der Waals surface area contributed by atoms with Crippen molar-refractivity contribution in [1.29, 1.82) is 0 Å². The number of rotatable bonds is 6. The van der Waals surface area contributed by atoms with Gasteiger partial charge in [-0.05, 0) is 50.4 Å². The van der Waals surface area contributed by atoms with Crippen LogP contribution in [0.1, 0.15) is 92.2 Å². The zero-order valence-electron chi connectivity index (χ0n) is 21.8. The summed E-state index contributed by atoms with van der Waals surface area (Å²) < 4.78 is 10.6. The minimum Gasteiger partial charge on any atom is -0.381 e. The van der Waals surface area contributed by atoms with Crippen LogP contribution in [0.4, 0.5) is 11.5 Å². The van der Waals surface area contributed by atoms with E-state index >= 15 is 0 Å². The number of anilines is 2. The number of hydrogen-bond acceptors (Lipinski definition) is 7. The predicted octanol–water partition coefficient (Wildman–Crippen LogP) is 3.90. The molecule has 2 aromatic heterocycles. The Morgan fingerprint density at radius 1 is 1.13 bits per heavy atom. The number of hydrogen-bond donors (Lipinski definition) is 3. The molecule has 1 atom stereocenters. The lowest BCUT2D eigenvalue weighted by Crippen LogP contribution is -2.49. The van der Waals surface area contributed by atoms with Crippen LogP contribution in [0.5, 0.6) is 0 Å². The van der Waals surface area contributed by atoms with E-state index in [1.807, 2.05) is 0 Å². The Morgan fingerprint density at radius 3 is 2.61 bits per heavy atom. The number of amides is 3. The summed E-state index contributed by atoms with van der Waals surface area (Å²) in [4.78, 5) is 44.3. The number of nitrogens with zero attached hydrogens (tertiary/aromatic N) is 2. The van der Waals surface area contributed by atoms with Gasteiger partial charge < -0.3 is 25.2 Å². The first-order valence-electron chi connectivity index (χ1n) is 13.9. The molecule has 2 aliphatic carbocycles. The van der Waals surface area contributed by atoms with Crippen molar-refractivity contribution in [3.63, 3.8) is 0 Å². The molecular formula is C28H35N5O5. The Morgan fingerprint density at radius 2 is 1.89 bits per heavy atom. The molecule has 4 heterocycles. The fourth-order valence-corrected chi connectivity index (χ4v) is 6.42. The number of carbonyl (C=O) groups excluding carboxylic acids is 3. The molecule has 2 aliphatic heterocycles. The van der Waals surface area contributed by atoms with Crippen LogP contribution in [0.25, 0.3) is 0 Å². The molecule has 10 nitrogen and oxygen atoms in total. The van der Waals surface area contributed by atoms with Crippen molar-refractivity contribution in [3.8, 4) is 0 Å². The summed E-state index contributed by atoms with van der Waals surface area (Å²) >= 11 is 0. The fraction of sp³-hybridized carbons (Fsp3) is 0.607. The molecule has 38 heavy (non-hydrogen) atoms. The maximum absolute atomic E-state index is 13.6. The Bertz CT molecular complexity index is 1220. The third-order valence-electron chi connectivity index (χ3n) is 9.14. The van der Waals surface area contributed by atoms with E-state index in [0.29, 0.717) is 54.7 Å². The second kappa shape index (κ2) is 10.1. The number of carbonyl (C=O) groups is 3. The number of aromatic nitrogens is 2. The molecule has 0 aromatic carbocycles. The SMILES string of the molecule is CC1CCC(C(NC(=O)c2conc2C2CCC2)C(=O)Nc2cc3c(cn2)C2(CCOCC2)C(=O)N3)CC1. The molecule has 202 valence electrons. The zero-order chi connectivity index (χ0) is 26.3. The van der Waals surface area contributed by atoms with Crippen LogP contribution in [0.2, 0.25) is 0 Å². The van der Waals surface area contributed by atoms with Gasteiger partial charge in [-0.1, -0.05) is 31.3 Å². The lowest BCUT2D eigenvalue weighted by atomic mass is 9.76. The lowest BCUT2D eigenvalue weighted by molar-refractivity contribution is -0.124. The maximum Gasteiger partial charge on any atom is 0.257 e. The Labute approximate surface area is 221 Å². The number of ether oxygens (including phenoxy) is 1. The smallest absolute Gasteiger partial charge is 0.257 e. The monoisotopic (exact) mass is 521 g/mol. The van der Waals surface area contributed by atoms with Crippen LogP contribution in [0.3, 0.4) is 0 Å². The molecule has 3 fully saturated rings. The molecule has 1 unspecified atom stereocenters. The molecule has 1 spiro atoms. The highest BCUT2D eigenvalue weighted by molar-refractivity contribution is 6.07. The number of nitrogens with one attached hydrogen (secondary N) is 3. The molecule has 2 aromatic rings. The third kappa shape index (κ3) is 4.48. The van der Waals surface area contributed by atoms with E-state index < -0.39 is 11.5 Å². The van der Waals surface area contributed by atoms with E-state index in [1.54, 1.807) is 12.3 Å². The summed E-state index contributed by atoms with van der Waals surface area (Å²) in [6.07, 6.45) is 11.1. The van der Waals surface area contributed by atoms with E-state index in [4.69, 9.17) is 9.26 Å². The topological polar surface area (TPSA) is 135 Å². The van der Waals surface area contributed by atoms with E-state index in [2.05, 4.69) is 33.0 Å². The minimum atomic E-state index is -0.717. The number of pyridine rings is 1. The van der Waals surface area contributed by atoms with Gasteiger partial charge in [-0.15, -0.1) is 0 Å².